The molecule has 11 nitrogen and oxygen atoms in total. The minimum atomic E-state index is -0.990. The van der Waals surface area contributed by atoms with Gasteiger partial charge in [-0.2, -0.15) is 0 Å². The van der Waals surface area contributed by atoms with Crippen LogP contribution in [0.4, 0.5) is 0 Å². The largest absolute Gasteiger partial charge is 0.497 e. The lowest BCUT2D eigenvalue weighted by Gasteiger charge is -2.29. The molecule has 1 aliphatic heterocycles. The molecule has 1 aromatic carbocycles. The van der Waals surface area contributed by atoms with E-state index < -0.39 is 35.9 Å². The molecule has 1 aromatic rings. The number of benzene rings is 1. The Labute approximate surface area is 249 Å². The summed E-state index contributed by atoms with van der Waals surface area (Å²) in [6.07, 6.45) is 6.05. The Morgan fingerprint density at radius 2 is 1.60 bits per heavy atom. The standard InChI is InChI=1S/C31H48N4O7/c1-21(20-36)29(38)26(17-23-7-5-4-6-8-23)33-31(40)27(18-24-9-11-25(41-3)12-10-24)34-30(39)22(2)32-28(37)19-35-13-15-42-16-14-35/h9-12,21-23,26-27,36H,4-8,13-20H2,1-3H3,(H,32,37)(H,33,40)(H,34,39). The molecule has 4 N–H and O–H groups in total. The van der Waals surface area contributed by atoms with E-state index in [0.29, 0.717) is 44.4 Å². The van der Waals surface area contributed by atoms with E-state index in [-0.39, 0.29) is 31.3 Å². The first kappa shape index (κ1) is 33.5. The number of amides is 3. The Kier molecular flexibility index (Phi) is 13.7. The lowest BCUT2D eigenvalue weighted by Crippen LogP contribution is -2.57. The predicted molar refractivity (Wildman–Crippen MR) is 158 cm³/mol. The molecule has 42 heavy (non-hydrogen) atoms. The van der Waals surface area contributed by atoms with Crippen molar-refractivity contribution in [3.05, 3.63) is 29.8 Å². The number of aliphatic hydroxyl groups excluding tert-OH is 1. The first-order chi connectivity index (χ1) is 20.2. The summed E-state index contributed by atoms with van der Waals surface area (Å²) < 4.78 is 10.6. The first-order valence-corrected chi connectivity index (χ1v) is 15.2. The number of carbonyl (C=O) groups is 4. The number of ether oxygens (including phenoxy) is 2. The number of hydrogen-bond acceptors (Lipinski definition) is 8. The van der Waals surface area contributed by atoms with Crippen molar-refractivity contribution in [2.75, 3.05) is 46.6 Å². The maximum Gasteiger partial charge on any atom is 0.243 e. The van der Waals surface area contributed by atoms with E-state index in [2.05, 4.69) is 16.0 Å². The van der Waals surface area contributed by atoms with Gasteiger partial charge in [0.15, 0.2) is 5.78 Å². The number of hydrogen-bond donors (Lipinski definition) is 4. The van der Waals surface area contributed by atoms with Crippen LogP contribution < -0.4 is 20.7 Å². The number of rotatable bonds is 15. The van der Waals surface area contributed by atoms with E-state index in [1.807, 2.05) is 17.0 Å². The number of nitrogens with one attached hydrogen (secondary N) is 3. The average Bonchev–Trinajstić information content (AvgIpc) is 3.00. The molecule has 1 aliphatic carbocycles. The highest BCUT2D eigenvalue weighted by Gasteiger charge is 2.32. The Balaban J connectivity index is 1.71. The van der Waals surface area contributed by atoms with Crippen LogP contribution in [0.15, 0.2) is 24.3 Å². The topological polar surface area (TPSA) is 146 Å². The highest BCUT2D eigenvalue weighted by molar-refractivity contribution is 5.95. The van der Waals surface area contributed by atoms with E-state index in [1.165, 1.54) is 6.42 Å². The van der Waals surface area contributed by atoms with Gasteiger partial charge in [0.25, 0.3) is 0 Å². The summed E-state index contributed by atoms with van der Waals surface area (Å²) in [5, 5.41) is 18.1. The SMILES string of the molecule is COc1ccc(CC(NC(=O)C(C)NC(=O)CN2CCOCC2)C(=O)NC(CC2CCCCC2)C(=O)C(C)CO)cc1. The van der Waals surface area contributed by atoms with Crippen LogP contribution in [0.3, 0.4) is 0 Å². The Morgan fingerprint density at radius 3 is 2.21 bits per heavy atom. The summed E-state index contributed by atoms with van der Waals surface area (Å²) in [5.74, 6) is -1.12. The van der Waals surface area contributed by atoms with E-state index in [4.69, 9.17) is 9.47 Å². The Bertz CT molecular complexity index is 1020. The van der Waals surface area contributed by atoms with Gasteiger partial charge in [-0.1, -0.05) is 51.2 Å². The van der Waals surface area contributed by atoms with Gasteiger partial charge in [0.2, 0.25) is 17.7 Å². The number of methoxy groups -OCH3 is 1. The van der Waals surface area contributed by atoms with E-state index in [0.717, 1.165) is 31.2 Å². The monoisotopic (exact) mass is 588 g/mol. The minimum absolute atomic E-state index is 0.157. The molecular formula is C31H48N4O7. The average molecular weight is 589 g/mol. The zero-order valence-electron chi connectivity index (χ0n) is 25.2. The second kappa shape index (κ2) is 17.2. The molecule has 1 saturated heterocycles. The van der Waals surface area contributed by atoms with E-state index in [1.54, 1.807) is 33.1 Å². The van der Waals surface area contributed by atoms with Crippen molar-refractivity contribution in [1.82, 2.24) is 20.9 Å². The van der Waals surface area contributed by atoms with Crippen molar-refractivity contribution in [2.45, 2.75) is 76.9 Å². The lowest BCUT2D eigenvalue weighted by molar-refractivity contribution is -0.134. The molecular weight excluding hydrogens is 540 g/mol. The molecule has 4 unspecified atom stereocenters. The number of aliphatic hydroxyl groups is 1. The summed E-state index contributed by atoms with van der Waals surface area (Å²) in [6.45, 7) is 5.50. The molecule has 0 spiro atoms. The molecule has 0 bridgehead atoms. The van der Waals surface area contributed by atoms with Gasteiger partial charge in [-0.25, -0.2) is 0 Å². The van der Waals surface area contributed by atoms with Crippen LogP contribution in [0.1, 0.15) is 57.9 Å². The highest BCUT2D eigenvalue weighted by atomic mass is 16.5. The number of Topliss-reactive ketones (excluding diaryl/α,β-unsaturated/α-hetero) is 1. The molecule has 11 heteroatoms. The second-order valence-corrected chi connectivity index (χ2v) is 11.6. The van der Waals surface area contributed by atoms with E-state index >= 15 is 0 Å². The maximum atomic E-state index is 13.7. The molecule has 0 radical (unpaired) electrons. The third kappa shape index (κ3) is 10.7. The quantitative estimate of drug-likeness (QED) is 0.239. The predicted octanol–water partition coefficient (Wildman–Crippen LogP) is 1.21. The van der Waals surface area contributed by atoms with Gasteiger partial charge in [0, 0.05) is 25.4 Å². The van der Waals surface area contributed by atoms with Gasteiger partial charge in [-0.05, 0) is 37.0 Å². The van der Waals surface area contributed by atoms with Crippen LogP contribution in [0.2, 0.25) is 0 Å². The highest BCUT2D eigenvalue weighted by Crippen LogP contribution is 2.28. The van der Waals surface area contributed by atoms with Crippen molar-refractivity contribution >= 4 is 23.5 Å². The van der Waals surface area contributed by atoms with Crippen LogP contribution in [-0.4, -0.2) is 98.2 Å². The minimum Gasteiger partial charge on any atom is -0.497 e. The first-order valence-electron chi connectivity index (χ1n) is 15.2. The van der Waals surface area contributed by atoms with Gasteiger partial charge in [-0.15, -0.1) is 0 Å². The van der Waals surface area contributed by atoms with Crippen LogP contribution in [-0.2, 0) is 30.3 Å². The normalized spacial score (nSPS) is 19.1. The fraction of sp³-hybridized carbons (Fsp3) is 0.677. The Morgan fingerprint density at radius 1 is 0.952 bits per heavy atom. The van der Waals surface area contributed by atoms with Crippen LogP contribution in [0.25, 0.3) is 0 Å². The summed E-state index contributed by atoms with van der Waals surface area (Å²) >= 11 is 0. The lowest BCUT2D eigenvalue weighted by atomic mass is 9.82. The summed E-state index contributed by atoms with van der Waals surface area (Å²) in [5.41, 5.74) is 0.791. The fourth-order valence-electron chi connectivity index (χ4n) is 5.53. The summed E-state index contributed by atoms with van der Waals surface area (Å²) in [6, 6.07) is 4.56. The second-order valence-electron chi connectivity index (χ2n) is 11.6. The zero-order chi connectivity index (χ0) is 30.5. The van der Waals surface area contributed by atoms with Crippen molar-refractivity contribution in [3.8, 4) is 5.75 Å². The van der Waals surface area contributed by atoms with Gasteiger partial charge >= 0.3 is 0 Å². The molecule has 3 amide bonds. The van der Waals surface area contributed by atoms with Crippen molar-refractivity contribution in [1.29, 1.82) is 0 Å². The van der Waals surface area contributed by atoms with Gasteiger partial charge in [0.05, 0.1) is 39.5 Å². The number of ketones is 1. The van der Waals surface area contributed by atoms with Crippen LogP contribution in [0.5, 0.6) is 5.75 Å². The molecule has 3 rings (SSSR count). The molecule has 4 atom stereocenters. The smallest absolute Gasteiger partial charge is 0.243 e. The van der Waals surface area contributed by atoms with Crippen LogP contribution in [0, 0.1) is 11.8 Å². The number of morpholine rings is 1. The van der Waals surface area contributed by atoms with Crippen molar-refractivity contribution in [2.24, 2.45) is 11.8 Å². The molecule has 1 heterocycles. The van der Waals surface area contributed by atoms with E-state index in [9.17, 15) is 24.3 Å². The third-order valence-electron chi connectivity index (χ3n) is 8.19. The molecule has 0 aromatic heterocycles. The van der Waals surface area contributed by atoms with Gasteiger partial charge in [-0.3, -0.25) is 24.1 Å². The maximum absolute atomic E-state index is 13.7. The van der Waals surface area contributed by atoms with Crippen molar-refractivity contribution < 1.29 is 33.8 Å². The molecule has 2 fully saturated rings. The number of nitrogens with zero attached hydrogens (tertiary/aromatic N) is 1. The summed E-state index contributed by atoms with van der Waals surface area (Å²) in [7, 11) is 1.57. The fourth-order valence-corrected chi connectivity index (χ4v) is 5.53. The molecule has 1 saturated carbocycles. The molecule has 2 aliphatic rings. The van der Waals surface area contributed by atoms with Crippen molar-refractivity contribution in [3.63, 3.8) is 0 Å². The van der Waals surface area contributed by atoms with Gasteiger partial charge in [0.1, 0.15) is 17.8 Å². The molecule has 234 valence electrons. The Hall–Kier alpha value is -3.02. The summed E-state index contributed by atoms with van der Waals surface area (Å²) in [4.78, 5) is 54.7. The number of carbonyl (C=O) groups excluding carboxylic acids is 4. The zero-order valence-corrected chi connectivity index (χ0v) is 25.2. The van der Waals surface area contributed by atoms with Crippen LogP contribution >= 0.6 is 0 Å². The third-order valence-corrected chi connectivity index (χ3v) is 8.19. The van der Waals surface area contributed by atoms with Gasteiger partial charge < -0.3 is 30.5 Å².